The molecule has 0 aliphatic heterocycles. The highest BCUT2D eigenvalue weighted by Gasteiger charge is 2.24. The molecule has 2 amide bonds. The minimum absolute atomic E-state index is 0.0653. The third-order valence-corrected chi connectivity index (χ3v) is 6.55. The zero-order chi connectivity index (χ0) is 26.6. The smallest absolute Gasteiger partial charge is 0.254 e. The summed E-state index contributed by atoms with van der Waals surface area (Å²) in [6, 6.07) is 22.8. The molecule has 0 saturated carbocycles. The Morgan fingerprint density at radius 2 is 1.68 bits per heavy atom. The van der Waals surface area contributed by atoms with E-state index in [9.17, 15) is 9.59 Å². The van der Waals surface area contributed by atoms with Gasteiger partial charge >= 0.3 is 0 Å². The van der Waals surface area contributed by atoms with E-state index in [1.807, 2.05) is 66.7 Å². The Balaban J connectivity index is 1.59. The number of hydrogen-bond donors (Lipinski definition) is 1. The largest absolute Gasteiger partial charge is 0.329 e. The van der Waals surface area contributed by atoms with Crippen LogP contribution in [0.2, 0.25) is 5.02 Å². The maximum absolute atomic E-state index is 13.5. The number of carbonyl (C=O) groups excluding carboxylic acids is 2. The van der Waals surface area contributed by atoms with E-state index in [0.29, 0.717) is 28.6 Å². The lowest BCUT2D eigenvalue weighted by molar-refractivity contribution is -0.117. The molecular formula is C30H33ClN4O2. The molecular weight excluding hydrogens is 484 g/mol. The number of halogens is 1. The van der Waals surface area contributed by atoms with Crippen LogP contribution in [0.5, 0.6) is 0 Å². The van der Waals surface area contributed by atoms with Gasteiger partial charge < -0.3 is 10.2 Å². The van der Waals surface area contributed by atoms with Crippen LogP contribution in [-0.2, 0) is 10.2 Å². The Hall–Kier alpha value is -3.64. The zero-order valence-corrected chi connectivity index (χ0v) is 22.5. The SMILES string of the molecule is CCCCN(CC(=O)Nc1cc(C(C)(C)C)nn1-c1ccccc1Cl)C(=O)c1ccc2ccccc2c1. The summed E-state index contributed by atoms with van der Waals surface area (Å²) < 4.78 is 1.66. The summed E-state index contributed by atoms with van der Waals surface area (Å²) in [5.41, 5.74) is 1.83. The van der Waals surface area contributed by atoms with Crippen LogP contribution in [0.1, 0.15) is 56.6 Å². The number of unbranched alkanes of at least 4 members (excludes halogenated alkanes) is 1. The third-order valence-electron chi connectivity index (χ3n) is 6.23. The van der Waals surface area contributed by atoms with Crippen molar-refractivity contribution in [3.63, 3.8) is 0 Å². The number of rotatable bonds is 8. The molecule has 192 valence electrons. The molecule has 1 aromatic heterocycles. The number of carbonyl (C=O) groups is 2. The third kappa shape index (κ3) is 6.20. The molecule has 0 unspecified atom stereocenters. The first-order valence-corrected chi connectivity index (χ1v) is 13.0. The van der Waals surface area contributed by atoms with E-state index >= 15 is 0 Å². The van der Waals surface area contributed by atoms with E-state index in [-0.39, 0.29) is 23.8 Å². The molecule has 4 aromatic rings. The van der Waals surface area contributed by atoms with Crippen molar-refractivity contribution < 1.29 is 9.59 Å². The number of nitrogens with zero attached hydrogens (tertiary/aromatic N) is 3. The molecule has 37 heavy (non-hydrogen) atoms. The second-order valence-corrected chi connectivity index (χ2v) is 10.6. The van der Waals surface area contributed by atoms with Crippen LogP contribution in [-0.4, -0.2) is 39.6 Å². The lowest BCUT2D eigenvalue weighted by Gasteiger charge is -2.22. The van der Waals surface area contributed by atoms with E-state index in [4.69, 9.17) is 16.7 Å². The molecule has 3 aromatic carbocycles. The Bertz CT molecular complexity index is 1420. The molecule has 0 radical (unpaired) electrons. The Labute approximate surface area is 223 Å². The van der Waals surface area contributed by atoms with Gasteiger partial charge in [0, 0.05) is 23.6 Å². The number of para-hydroxylation sites is 1. The average molecular weight is 517 g/mol. The molecule has 0 bridgehead atoms. The van der Waals surface area contributed by atoms with Crippen molar-refractivity contribution in [2.24, 2.45) is 0 Å². The summed E-state index contributed by atoms with van der Waals surface area (Å²) >= 11 is 6.46. The van der Waals surface area contributed by atoms with Gasteiger partial charge in [0.1, 0.15) is 12.4 Å². The number of benzene rings is 3. The van der Waals surface area contributed by atoms with Crippen molar-refractivity contribution in [1.82, 2.24) is 14.7 Å². The molecule has 6 nitrogen and oxygen atoms in total. The molecule has 0 fully saturated rings. The number of hydrogen-bond acceptors (Lipinski definition) is 3. The Kier molecular flexibility index (Phi) is 7.98. The van der Waals surface area contributed by atoms with Crippen molar-refractivity contribution in [2.45, 2.75) is 46.0 Å². The fourth-order valence-electron chi connectivity index (χ4n) is 4.11. The van der Waals surface area contributed by atoms with Crippen LogP contribution in [0.3, 0.4) is 0 Å². The van der Waals surface area contributed by atoms with Crippen LogP contribution < -0.4 is 5.32 Å². The fourth-order valence-corrected chi connectivity index (χ4v) is 4.32. The molecule has 0 saturated heterocycles. The number of amides is 2. The van der Waals surface area contributed by atoms with Crippen LogP contribution in [0.4, 0.5) is 5.82 Å². The molecule has 7 heteroatoms. The molecule has 0 aliphatic carbocycles. The molecule has 0 atom stereocenters. The maximum atomic E-state index is 13.5. The predicted octanol–water partition coefficient (Wildman–Crippen LogP) is 6.86. The number of anilines is 1. The molecule has 1 heterocycles. The van der Waals surface area contributed by atoms with Gasteiger partial charge in [0.25, 0.3) is 5.91 Å². The van der Waals surface area contributed by atoms with Crippen LogP contribution in [0.15, 0.2) is 72.8 Å². The van der Waals surface area contributed by atoms with Gasteiger partial charge in [-0.25, -0.2) is 4.68 Å². The van der Waals surface area contributed by atoms with Crippen LogP contribution in [0.25, 0.3) is 16.5 Å². The van der Waals surface area contributed by atoms with Gasteiger partial charge in [0.2, 0.25) is 5.91 Å². The van der Waals surface area contributed by atoms with Crippen LogP contribution in [0, 0.1) is 0 Å². The first kappa shape index (κ1) is 26.4. The zero-order valence-electron chi connectivity index (χ0n) is 21.8. The van der Waals surface area contributed by atoms with Gasteiger partial charge in [-0.1, -0.05) is 88.2 Å². The maximum Gasteiger partial charge on any atom is 0.254 e. The van der Waals surface area contributed by atoms with E-state index in [0.717, 1.165) is 29.3 Å². The second kappa shape index (κ2) is 11.2. The highest BCUT2D eigenvalue weighted by molar-refractivity contribution is 6.32. The normalized spacial score (nSPS) is 11.5. The molecule has 0 aliphatic rings. The summed E-state index contributed by atoms with van der Waals surface area (Å²) in [4.78, 5) is 28.4. The van der Waals surface area contributed by atoms with Gasteiger partial charge in [0.15, 0.2) is 0 Å². The van der Waals surface area contributed by atoms with Crippen molar-refractivity contribution in [1.29, 1.82) is 0 Å². The minimum atomic E-state index is -0.293. The number of nitrogens with one attached hydrogen (secondary N) is 1. The predicted molar refractivity (Wildman–Crippen MR) is 151 cm³/mol. The van der Waals surface area contributed by atoms with Gasteiger partial charge in [-0.15, -0.1) is 0 Å². The molecule has 0 spiro atoms. The summed E-state index contributed by atoms with van der Waals surface area (Å²) in [5, 5.41) is 10.3. The van der Waals surface area contributed by atoms with Gasteiger partial charge in [-0.2, -0.15) is 5.10 Å². The molecule has 1 N–H and O–H groups in total. The van der Waals surface area contributed by atoms with Crippen LogP contribution >= 0.6 is 11.6 Å². The topological polar surface area (TPSA) is 67.2 Å². The Morgan fingerprint density at radius 1 is 0.973 bits per heavy atom. The average Bonchev–Trinajstić information content (AvgIpc) is 3.30. The number of fused-ring (bicyclic) bond motifs is 1. The lowest BCUT2D eigenvalue weighted by atomic mass is 9.92. The van der Waals surface area contributed by atoms with Gasteiger partial charge in [0.05, 0.1) is 16.4 Å². The molecule has 4 rings (SSSR count). The van der Waals surface area contributed by atoms with E-state index < -0.39 is 0 Å². The quantitative estimate of drug-likeness (QED) is 0.278. The summed E-state index contributed by atoms with van der Waals surface area (Å²) in [6.07, 6.45) is 1.72. The van der Waals surface area contributed by atoms with Crippen molar-refractivity contribution in [3.8, 4) is 5.69 Å². The van der Waals surface area contributed by atoms with E-state index in [1.54, 1.807) is 15.6 Å². The van der Waals surface area contributed by atoms with Crippen molar-refractivity contribution in [2.75, 3.05) is 18.4 Å². The van der Waals surface area contributed by atoms with Gasteiger partial charge in [-0.05, 0) is 41.5 Å². The minimum Gasteiger partial charge on any atom is -0.329 e. The first-order chi connectivity index (χ1) is 17.7. The summed E-state index contributed by atoms with van der Waals surface area (Å²) in [5.74, 6) is 0.0554. The van der Waals surface area contributed by atoms with E-state index in [2.05, 4.69) is 33.0 Å². The standard InChI is InChI=1S/C30H33ClN4O2/c1-5-6-17-34(29(37)23-16-15-21-11-7-8-12-22(21)18-23)20-28(36)32-27-19-26(30(2,3)4)33-35(27)25-14-10-9-13-24(25)31/h7-16,18-19H,5-6,17,20H2,1-4H3,(H,32,36). The van der Waals surface area contributed by atoms with E-state index in [1.165, 1.54) is 0 Å². The number of aromatic nitrogens is 2. The Morgan fingerprint density at radius 3 is 2.38 bits per heavy atom. The van der Waals surface area contributed by atoms with Crippen molar-refractivity contribution >= 4 is 40.0 Å². The fraction of sp³-hybridized carbons (Fsp3) is 0.300. The summed E-state index contributed by atoms with van der Waals surface area (Å²) in [6.45, 7) is 8.68. The second-order valence-electron chi connectivity index (χ2n) is 10.2. The van der Waals surface area contributed by atoms with Gasteiger partial charge in [-0.3, -0.25) is 9.59 Å². The lowest BCUT2D eigenvalue weighted by Crippen LogP contribution is -2.39. The first-order valence-electron chi connectivity index (χ1n) is 12.6. The summed E-state index contributed by atoms with van der Waals surface area (Å²) in [7, 11) is 0. The van der Waals surface area contributed by atoms with Crippen molar-refractivity contribution in [3.05, 3.63) is 89.1 Å². The monoisotopic (exact) mass is 516 g/mol. The highest BCUT2D eigenvalue weighted by atomic mass is 35.5. The highest BCUT2D eigenvalue weighted by Crippen LogP contribution is 2.29.